The third-order valence-electron chi connectivity index (χ3n) is 8.76. The number of aromatic amines is 1. The second-order valence-corrected chi connectivity index (χ2v) is 12.1. The number of fused-ring (bicyclic) bond motifs is 2. The third kappa shape index (κ3) is 6.02. The van der Waals surface area contributed by atoms with Crippen LogP contribution in [-0.4, -0.2) is 56.7 Å². The monoisotopic (exact) mass is 579 g/mol. The van der Waals surface area contributed by atoms with Gasteiger partial charge in [-0.05, 0) is 80.0 Å². The number of piperidine rings is 1. The molecule has 3 heterocycles. The first kappa shape index (κ1) is 28.9. The zero-order valence-electron chi connectivity index (χ0n) is 25.4. The van der Waals surface area contributed by atoms with Crippen LogP contribution in [0, 0.1) is 12.8 Å². The van der Waals surface area contributed by atoms with E-state index in [1.807, 2.05) is 43.3 Å². The minimum atomic E-state index is -0.138. The Kier molecular flexibility index (Phi) is 8.47. The zero-order chi connectivity index (χ0) is 29.9. The summed E-state index contributed by atoms with van der Waals surface area (Å²) in [5.41, 5.74) is 6.83. The van der Waals surface area contributed by atoms with Crippen LogP contribution in [0.5, 0.6) is 0 Å². The van der Waals surface area contributed by atoms with Crippen LogP contribution in [0.4, 0.5) is 0 Å². The molecule has 1 saturated heterocycles. The lowest BCUT2D eigenvalue weighted by molar-refractivity contribution is -0.133. The molecule has 0 radical (unpaired) electrons. The number of ether oxygens (including phenoxy) is 1. The maximum absolute atomic E-state index is 13.5. The van der Waals surface area contributed by atoms with Gasteiger partial charge in [-0.1, -0.05) is 43.3 Å². The van der Waals surface area contributed by atoms with Gasteiger partial charge in [0.2, 0.25) is 5.91 Å². The molecule has 1 aliphatic rings. The quantitative estimate of drug-likeness (QED) is 0.206. The third-order valence-corrected chi connectivity index (χ3v) is 8.76. The van der Waals surface area contributed by atoms with E-state index in [1.54, 1.807) is 11.7 Å². The normalized spacial score (nSPS) is 16.3. The predicted octanol–water partition coefficient (Wildman–Crippen LogP) is 5.99. The molecule has 2 atom stereocenters. The van der Waals surface area contributed by atoms with Gasteiger partial charge in [0.25, 0.3) is 0 Å². The first-order valence-corrected chi connectivity index (χ1v) is 15.4. The van der Waals surface area contributed by atoms with Crippen LogP contribution >= 0.6 is 0 Å². The van der Waals surface area contributed by atoms with Crippen molar-refractivity contribution < 1.29 is 9.53 Å². The number of likely N-dealkylation sites (tertiary alicyclic amines) is 1. The van der Waals surface area contributed by atoms with Crippen molar-refractivity contribution in [1.82, 2.24) is 24.0 Å². The number of carbonyl (C=O) groups excluding carboxylic acids is 1. The van der Waals surface area contributed by atoms with E-state index in [2.05, 4.69) is 51.7 Å². The van der Waals surface area contributed by atoms with Gasteiger partial charge in [0.15, 0.2) is 0 Å². The van der Waals surface area contributed by atoms with Gasteiger partial charge in [-0.15, -0.1) is 0 Å². The Hall–Kier alpha value is -4.17. The average Bonchev–Trinajstić information content (AvgIpc) is 3.55. The largest absolute Gasteiger partial charge is 0.385 e. The summed E-state index contributed by atoms with van der Waals surface area (Å²) in [4.78, 5) is 36.3. The van der Waals surface area contributed by atoms with Crippen LogP contribution in [0.2, 0.25) is 0 Å². The Morgan fingerprint density at radius 2 is 1.91 bits per heavy atom. The van der Waals surface area contributed by atoms with Gasteiger partial charge in [-0.3, -0.25) is 9.36 Å². The molecule has 6 rings (SSSR count). The standard InChI is InChI=1S/C35H41N5O3/c1-24(21-26-14-16-28(17-15-26)40-33-25(2)9-6-12-30(33)37-35(40)42)22-32(41)38-18-7-10-27(23-38)34-36-29-11-4-5-13-31(29)39(34)19-8-20-43-3/h4-6,9,11-17,24,27H,7-8,10,18-23H2,1-3H3,(H,37,42)/t24-,27-/m1/s1. The molecule has 5 aromatic rings. The highest BCUT2D eigenvalue weighted by Gasteiger charge is 2.29. The molecule has 0 bridgehead atoms. The van der Waals surface area contributed by atoms with Gasteiger partial charge in [-0.25, -0.2) is 9.78 Å². The van der Waals surface area contributed by atoms with Crippen molar-refractivity contribution in [3.05, 3.63) is 94.2 Å². The number of aromatic nitrogens is 4. The molecule has 1 N–H and O–H groups in total. The van der Waals surface area contributed by atoms with E-state index in [0.717, 1.165) is 83.5 Å². The van der Waals surface area contributed by atoms with Crippen molar-refractivity contribution in [3.8, 4) is 5.69 Å². The zero-order valence-corrected chi connectivity index (χ0v) is 25.4. The number of carbonyl (C=O) groups is 1. The molecule has 224 valence electrons. The highest BCUT2D eigenvalue weighted by atomic mass is 16.5. The summed E-state index contributed by atoms with van der Waals surface area (Å²) in [6.45, 7) is 7.26. The van der Waals surface area contributed by atoms with Gasteiger partial charge in [0.05, 0.1) is 27.8 Å². The fourth-order valence-corrected chi connectivity index (χ4v) is 6.68. The molecule has 8 heteroatoms. The highest BCUT2D eigenvalue weighted by molar-refractivity contribution is 5.81. The number of aryl methyl sites for hydroxylation is 2. The number of para-hydroxylation sites is 3. The van der Waals surface area contributed by atoms with Crippen molar-refractivity contribution in [2.45, 2.75) is 58.4 Å². The summed E-state index contributed by atoms with van der Waals surface area (Å²) in [6, 6.07) is 22.4. The van der Waals surface area contributed by atoms with E-state index in [4.69, 9.17) is 9.72 Å². The van der Waals surface area contributed by atoms with Crippen LogP contribution in [-0.2, 0) is 22.5 Å². The Morgan fingerprint density at radius 1 is 1.09 bits per heavy atom. The van der Waals surface area contributed by atoms with E-state index in [1.165, 1.54) is 0 Å². The second kappa shape index (κ2) is 12.6. The molecule has 1 aliphatic heterocycles. The predicted molar refractivity (Wildman–Crippen MR) is 171 cm³/mol. The van der Waals surface area contributed by atoms with Crippen molar-refractivity contribution in [2.75, 3.05) is 26.8 Å². The van der Waals surface area contributed by atoms with E-state index in [0.29, 0.717) is 19.6 Å². The number of rotatable bonds is 10. The second-order valence-electron chi connectivity index (χ2n) is 12.1. The summed E-state index contributed by atoms with van der Waals surface area (Å²) in [5, 5.41) is 0. The van der Waals surface area contributed by atoms with Crippen molar-refractivity contribution in [2.24, 2.45) is 5.92 Å². The number of amides is 1. The smallest absolute Gasteiger partial charge is 0.331 e. The minimum absolute atomic E-state index is 0.138. The van der Waals surface area contributed by atoms with Crippen molar-refractivity contribution >= 4 is 28.0 Å². The van der Waals surface area contributed by atoms with Gasteiger partial charge in [-0.2, -0.15) is 0 Å². The summed E-state index contributed by atoms with van der Waals surface area (Å²) in [7, 11) is 1.74. The molecule has 8 nitrogen and oxygen atoms in total. The van der Waals surface area contributed by atoms with Crippen LogP contribution < -0.4 is 5.69 Å². The minimum Gasteiger partial charge on any atom is -0.385 e. The molecule has 43 heavy (non-hydrogen) atoms. The molecule has 1 amide bonds. The van der Waals surface area contributed by atoms with Crippen molar-refractivity contribution in [3.63, 3.8) is 0 Å². The Bertz CT molecular complexity index is 1780. The first-order valence-electron chi connectivity index (χ1n) is 15.4. The van der Waals surface area contributed by atoms with Crippen LogP contribution in [0.3, 0.4) is 0 Å². The molecule has 2 aromatic heterocycles. The number of nitrogens with zero attached hydrogens (tertiary/aromatic N) is 4. The number of imidazole rings is 2. The highest BCUT2D eigenvalue weighted by Crippen LogP contribution is 2.30. The summed E-state index contributed by atoms with van der Waals surface area (Å²) in [6.07, 6.45) is 4.27. The van der Waals surface area contributed by atoms with Gasteiger partial charge in [0, 0.05) is 45.7 Å². The topological polar surface area (TPSA) is 85.1 Å². The fourth-order valence-electron chi connectivity index (χ4n) is 6.68. The first-order chi connectivity index (χ1) is 20.9. The maximum Gasteiger partial charge on any atom is 0.331 e. The van der Waals surface area contributed by atoms with Gasteiger partial charge >= 0.3 is 5.69 Å². The molecule has 1 fully saturated rings. The number of hydrogen-bond donors (Lipinski definition) is 1. The fraction of sp³-hybridized carbons (Fsp3) is 0.400. The molecule has 0 aliphatic carbocycles. The van der Waals surface area contributed by atoms with E-state index >= 15 is 0 Å². The summed E-state index contributed by atoms with van der Waals surface area (Å²) >= 11 is 0. The van der Waals surface area contributed by atoms with E-state index in [-0.39, 0.29) is 23.4 Å². The lowest BCUT2D eigenvalue weighted by Gasteiger charge is -2.33. The summed E-state index contributed by atoms with van der Waals surface area (Å²) < 4.78 is 9.39. The van der Waals surface area contributed by atoms with Crippen LogP contribution in [0.25, 0.3) is 27.8 Å². The SMILES string of the molecule is COCCCn1c([C@@H]2CCCN(C(=O)C[C@H](C)Cc3ccc(-n4c(=O)[nH]c5cccc(C)c54)cc3)C2)nc2ccccc21. The number of nitrogens with one attached hydrogen (secondary N) is 1. The lowest BCUT2D eigenvalue weighted by Crippen LogP contribution is -2.40. The van der Waals surface area contributed by atoms with Gasteiger partial charge in [0.1, 0.15) is 5.82 Å². The van der Waals surface area contributed by atoms with E-state index in [9.17, 15) is 9.59 Å². The number of hydrogen-bond acceptors (Lipinski definition) is 4. The van der Waals surface area contributed by atoms with Crippen LogP contribution in [0.15, 0.2) is 71.5 Å². The lowest BCUT2D eigenvalue weighted by atomic mass is 9.94. The van der Waals surface area contributed by atoms with Crippen molar-refractivity contribution in [1.29, 1.82) is 0 Å². The number of methoxy groups -OCH3 is 1. The average molecular weight is 580 g/mol. The molecule has 0 unspecified atom stereocenters. The molecule has 0 spiro atoms. The van der Waals surface area contributed by atoms with Gasteiger partial charge < -0.3 is 19.2 Å². The molecular formula is C35H41N5O3. The molecule has 0 saturated carbocycles. The Morgan fingerprint density at radius 3 is 2.72 bits per heavy atom. The maximum atomic E-state index is 13.5. The number of H-pyrrole nitrogens is 1. The molecular weight excluding hydrogens is 538 g/mol. The summed E-state index contributed by atoms with van der Waals surface area (Å²) in [5.74, 6) is 1.74. The van der Waals surface area contributed by atoms with Crippen LogP contribution in [0.1, 0.15) is 55.5 Å². The molecule has 3 aromatic carbocycles. The Balaban J connectivity index is 1.11. The Labute approximate surface area is 252 Å². The van der Waals surface area contributed by atoms with E-state index < -0.39 is 0 Å². The number of benzene rings is 3.